The topological polar surface area (TPSA) is 42.7 Å². The maximum atomic E-state index is 5.97. The van der Waals surface area contributed by atoms with Gasteiger partial charge in [0.2, 0.25) is 0 Å². The number of benzene rings is 1. The van der Waals surface area contributed by atoms with E-state index < -0.39 is 0 Å². The van der Waals surface area contributed by atoms with Gasteiger partial charge < -0.3 is 5.32 Å². The summed E-state index contributed by atoms with van der Waals surface area (Å²) >= 11 is 5.97. The van der Waals surface area contributed by atoms with Crippen molar-refractivity contribution < 1.29 is 0 Å². The van der Waals surface area contributed by atoms with Gasteiger partial charge >= 0.3 is 0 Å². The van der Waals surface area contributed by atoms with Gasteiger partial charge in [0.05, 0.1) is 17.6 Å². The van der Waals surface area contributed by atoms with Crippen LogP contribution in [0.1, 0.15) is 18.5 Å². The maximum absolute atomic E-state index is 5.97. The van der Waals surface area contributed by atoms with Crippen LogP contribution in [0.15, 0.2) is 30.5 Å². The zero-order valence-corrected chi connectivity index (χ0v) is 10.1. The molecular weight excluding hydrogens is 236 g/mol. The summed E-state index contributed by atoms with van der Waals surface area (Å²) in [6, 6.07) is 8.30. The lowest BCUT2D eigenvalue weighted by molar-refractivity contribution is 0.647. The Bertz CT molecular complexity index is 519. The lowest BCUT2D eigenvalue weighted by Gasteiger charge is -2.07. The molecule has 5 heteroatoms. The number of hydrogen-bond donors (Lipinski definition) is 1. The van der Waals surface area contributed by atoms with Crippen LogP contribution in [0.2, 0.25) is 5.02 Å². The lowest BCUT2D eigenvalue weighted by Crippen LogP contribution is -2.18. The highest BCUT2D eigenvalue weighted by molar-refractivity contribution is 6.30. The standard InChI is InChI=1S/C12H13ClN4/c13-9-2-1-3-11(6-9)17-12(8-15-16-17)7-14-10-4-5-10/h1-3,6,8,10,14H,4-5,7H2. The molecule has 0 atom stereocenters. The number of rotatable bonds is 4. The van der Waals surface area contributed by atoms with Gasteiger partial charge in [0, 0.05) is 17.6 Å². The quantitative estimate of drug-likeness (QED) is 0.902. The zero-order valence-electron chi connectivity index (χ0n) is 9.31. The third-order valence-corrected chi connectivity index (χ3v) is 3.06. The molecule has 1 aromatic heterocycles. The van der Waals surface area contributed by atoms with Crippen LogP contribution in [0, 0.1) is 0 Å². The second-order valence-corrected chi connectivity index (χ2v) is 4.71. The van der Waals surface area contributed by atoms with Crippen LogP contribution < -0.4 is 5.32 Å². The Balaban J connectivity index is 1.83. The largest absolute Gasteiger partial charge is 0.308 e. The van der Waals surface area contributed by atoms with Crippen LogP contribution >= 0.6 is 11.6 Å². The molecule has 17 heavy (non-hydrogen) atoms. The summed E-state index contributed by atoms with van der Waals surface area (Å²) < 4.78 is 1.82. The van der Waals surface area contributed by atoms with E-state index in [1.165, 1.54) is 12.8 Å². The highest BCUT2D eigenvalue weighted by Crippen LogP contribution is 2.20. The first kappa shape index (κ1) is 10.7. The molecule has 2 aromatic rings. The molecule has 0 radical (unpaired) electrons. The van der Waals surface area contributed by atoms with Gasteiger partial charge in [-0.2, -0.15) is 0 Å². The fraction of sp³-hybridized carbons (Fsp3) is 0.333. The minimum absolute atomic E-state index is 0.678. The number of hydrogen-bond acceptors (Lipinski definition) is 3. The van der Waals surface area contributed by atoms with E-state index in [2.05, 4.69) is 15.6 Å². The summed E-state index contributed by atoms with van der Waals surface area (Å²) in [4.78, 5) is 0. The molecule has 1 aliphatic rings. The molecular formula is C12H13ClN4. The predicted octanol–water partition coefficient (Wildman–Crippen LogP) is 2.17. The highest BCUT2D eigenvalue weighted by Gasteiger charge is 2.20. The molecule has 0 aliphatic heterocycles. The van der Waals surface area contributed by atoms with E-state index in [9.17, 15) is 0 Å². The minimum atomic E-state index is 0.678. The molecule has 88 valence electrons. The summed E-state index contributed by atoms with van der Waals surface area (Å²) in [6.07, 6.45) is 4.34. The molecule has 1 saturated carbocycles. The van der Waals surface area contributed by atoms with Crippen molar-refractivity contribution in [3.63, 3.8) is 0 Å². The molecule has 0 unspecified atom stereocenters. The molecule has 3 rings (SSSR count). The molecule has 4 nitrogen and oxygen atoms in total. The fourth-order valence-corrected chi connectivity index (χ4v) is 1.92. The molecule has 1 aromatic carbocycles. The highest BCUT2D eigenvalue weighted by atomic mass is 35.5. The lowest BCUT2D eigenvalue weighted by atomic mass is 10.3. The van der Waals surface area contributed by atoms with Gasteiger partial charge in [-0.3, -0.25) is 0 Å². The smallest absolute Gasteiger partial charge is 0.0783 e. The van der Waals surface area contributed by atoms with Crippen molar-refractivity contribution >= 4 is 11.6 Å². The van der Waals surface area contributed by atoms with Crippen LogP contribution in [-0.4, -0.2) is 21.0 Å². The second kappa shape index (κ2) is 4.47. The van der Waals surface area contributed by atoms with E-state index in [-0.39, 0.29) is 0 Å². The van der Waals surface area contributed by atoms with Gasteiger partial charge in [-0.1, -0.05) is 22.9 Å². The summed E-state index contributed by atoms with van der Waals surface area (Å²) in [7, 11) is 0. The van der Waals surface area contributed by atoms with Crippen LogP contribution in [0.5, 0.6) is 0 Å². The van der Waals surface area contributed by atoms with E-state index in [1.807, 2.05) is 28.9 Å². The molecule has 0 amide bonds. The average Bonchev–Trinajstić information content (AvgIpc) is 3.04. The van der Waals surface area contributed by atoms with Gasteiger partial charge in [-0.25, -0.2) is 4.68 Å². The third-order valence-electron chi connectivity index (χ3n) is 2.82. The Morgan fingerprint density at radius 2 is 2.29 bits per heavy atom. The minimum Gasteiger partial charge on any atom is -0.308 e. The van der Waals surface area contributed by atoms with Crippen molar-refractivity contribution in [1.82, 2.24) is 20.3 Å². The van der Waals surface area contributed by atoms with Crippen molar-refractivity contribution in [3.8, 4) is 5.69 Å². The average molecular weight is 249 g/mol. The number of nitrogens with one attached hydrogen (secondary N) is 1. The number of aromatic nitrogens is 3. The second-order valence-electron chi connectivity index (χ2n) is 4.27. The van der Waals surface area contributed by atoms with Crippen molar-refractivity contribution in [2.75, 3.05) is 0 Å². The van der Waals surface area contributed by atoms with E-state index >= 15 is 0 Å². The summed E-state index contributed by atoms with van der Waals surface area (Å²) in [5.74, 6) is 0. The Labute approximate surface area is 105 Å². The van der Waals surface area contributed by atoms with E-state index in [0.29, 0.717) is 11.1 Å². The van der Waals surface area contributed by atoms with Gasteiger partial charge in [-0.05, 0) is 31.0 Å². The molecule has 0 spiro atoms. The molecule has 0 saturated heterocycles. The Morgan fingerprint density at radius 1 is 1.41 bits per heavy atom. The molecule has 1 aliphatic carbocycles. The third kappa shape index (κ3) is 2.48. The predicted molar refractivity (Wildman–Crippen MR) is 66.2 cm³/mol. The summed E-state index contributed by atoms with van der Waals surface area (Å²) in [6.45, 7) is 0.796. The zero-order chi connectivity index (χ0) is 11.7. The molecule has 1 heterocycles. The van der Waals surface area contributed by atoms with Gasteiger partial charge in [0.1, 0.15) is 0 Å². The van der Waals surface area contributed by atoms with Crippen molar-refractivity contribution in [2.45, 2.75) is 25.4 Å². The van der Waals surface area contributed by atoms with Crippen LogP contribution in [0.3, 0.4) is 0 Å². The van der Waals surface area contributed by atoms with Crippen molar-refractivity contribution in [2.24, 2.45) is 0 Å². The molecule has 1 fully saturated rings. The summed E-state index contributed by atoms with van der Waals surface area (Å²) in [5, 5.41) is 12.2. The molecule has 0 bridgehead atoms. The SMILES string of the molecule is Clc1cccc(-n2nncc2CNC2CC2)c1. The maximum Gasteiger partial charge on any atom is 0.0783 e. The van der Waals surface area contributed by atoms with Gasteiger partial charge in [0.15, 0.2) is 0 Å². The normalized spacial score (nSPS) is 15.1. The monoisotopic (exact) mass is 248 g/mol. The van der Waals surface area contributed by atoms with E-state index in [0.717, 1.165) is 17.9 Å². The molecule has 1 N–H and O–H groups in total. The van der Waals surface area contributed by atoms with E-state index in [4.69, 9.17) is 11.6 Å². The van der Waals surface area contributed by atoms with Crippen molar-refractivity contribution in [3.05, 3.63) is 41.2 Å². The van der Waals surface area contributed by atoms with Crippen LogP contribution in [0.25, 0.3) is 5.69 Å². The Morgan fingerprint density at radius 3 is 3.06 bits per heavy atom. The first-order valence-corrected chi connectivity index (χ1v) is 6.09. The van der Waals surface area contributed by atoms with Crippen LogP contribution in [-0.2, 0) is 6.54 Å². The van der Waals surface area contributed by atoms with E-state index in [1.54, 1.807) is 6.20 Å². The Kier molecular flexibility index (Phi) is 2.82. The Hall–Kier alpha value is -1.39. The van der Waals surface area contributed by atoms with Gasteiger partial charge in [0.25, 0.3) is 0 Å². The first-order valence-electron chi connectivity index (χ1n) is 5.72. The summed E-state index contributed by atoms with van der Waals surface area (Å²) in [5.41, 5.74) is 2.00. The van der Waals surface area contributed by atoms with Gasteiger partial charge in [-0.15, -0.1) is 5.10 Å². The number of nitrogens with zero attached hydrogens (tertiary/aromatic N) is 3. The number of halogens is 1. The first-order chi connectivity index (χ1) is 8.33. The van der Waals surface area contributed by atoms with Crippen molar-refractivity contribution in [1.29, 1.82) is 0 Å². The fourth-order valence-electron chi connectivity index (χ4n) is 1.74. The van der Waals surface area contributed by atoms with Crippen LogP contribution in [0.4, 0.5) is 0 Å².